The lowest BCUT2D eigenvalue weighted by Crippen LogP contribution is -2.11. The molecule has 16 heavy (non-hydrogen) atoms. The predicted molar refractivity (Wildman–Crippen MR) is 67.9 cm³/mol. The average molecular weight is 248 g/mol. The van der Waals surface area contributed by atoms with Gasteiger partial charge in [0, 0.05) is 0 Å². The molecular weight excluding hydrogens is 224 g/mol. The Morgan fingerprint density at radius 3 is 2.25 bits per heavy atom. The third-order valence-corrected chi connectivity index (χ3v) is 3.56. The van der Waals surface area contributed by atoms with Gasteiger partial charge in [-0.3, -0.25) is 4.18 Å². The van der Waals surface area contributed by atoms with Crippen LogP contribution in [-0.2, 0) is 14.3 Å². The molecule has 0 aliphatic rings. The van der Waals surface area contributed by atoms with Crippen LogP contribution >= 0.6 is 0 Å². The highest BCUT2D eigenvalue weighted by molar-refractivity contribution is 7.86. The van der Waals surface area contributed by atoms with E-state index in [9.17, 15) is 8.42 Å². The first-order valence-corrected chi connectivity index (χ1v) is 7.57. The van der Waals surface area contributed by atoms with Crippen LogP contribution in [0, 0.1) is 0 Å². The lowest BCUT2D eigenvalue weighted by Gasteiger charge is -2.05. The van der Waals surface area contributed by atoms with Crippen molar-refractivity contribution < 1.29 is 12.6 Å². The maximum Gasteiger partial charge on any atom is 0.271 e. The molecule has 0 rings (SSSR count). The van der Waals surface area contributed by atoms with Crippen molar-refractivity contribution in [2.24, 2.45) is 0 Å². The minimum absolute atomic E-state index is 0.0666. The molecule has 0 saturated heterocycles. The summed E-state index contributed by atoms with van der Waals surface area (Å²) in [5.74, 6) is -0.0666. The summed E-state index contributed by atoms with van der Waals surface area (Å²) >= 11 is 0. The lowest BCUT2D eigenvalue weighted by molar-refractivity contribution is 0.307. The van der Waals surface area contributed by atoms with E-state index < -0.39 is 10.1 Å². The van der Waals surface area contributed by atoms with Crippen molar-refractivity contribution in [3.05, 3.63) is 12.2 Å². The van der Waals surface area contributed by atoms with E-state index >= 15 is 0 Å². The maximum atomic E-state index is 11.3. The predicted octanol–water partition coefficient (Wildman–Crippen LogP) is 3.27. The summed E-state index contributed by atoms with van der Waals surface area (Å²) in [4.78, 5) is 0. The van der Waals surface area contributed by atoms with Gasteiger partial charge in [0.1, 0.15) is 0 Å². The normalized spacial score (nSPS) is 11.6. The molecule has 0 fully saturated rings. The van der Waals surface area contributed by atoms with Crippen molar-refractivity contribution in [2.75, 3.05) is 12.4 Å². The molecule has 0 heterocycles. The van der Waals surface area contributed by atoms with Gasteiger partial charge in [-0.2, -0.15) is 8.42 Å². The van der Waals surface area contributed by atoms with Gasteiger partial charge >= 0.3 is 0 Å². The molecule has 3 nitrogen and oxygen atoms in total. The summed E-state index contributed by atoms with van der Waals surface area (Å²) in [7, 11) is -3.38. The summed E-state index contributed by atoms with van der Waals surface area (Å²) in [6.45, 7) is 7.73. The van der Waals surface area contributed by atoms with Crippen LogP contribution in [0.1, 0.15) is 52.4 Å². The molecule has 0 aliphatic carbocycles. The van der Waals surface area contributed by atoms with Crippen LogP contribution in [-0.4, -0.2) is 20.8 Å². The average Bonchev–Trinajstić information content (AvgIpc) is 2.14. The van der Waals surface area contributed by atoms with E-state index in [1.807, 2.05) is 0 Å². The first-order valence-electron chi connectivity index (χ1n) is 5.99. The van der Waals surface area contributed by atoms with Crippen LogP contribution in [0.4, 0.5) is 0 Å². The van der Waals surface area contributed by atoms with E-state index in [0.29, 0.717) is 12.2 Å². The minimum Gasteiger partial charge on any atom is -0.270 e. The number of hydrogen-bond acceptors (Lipinski definition) is 3. The molecule has 0 atom stereocenters. The van der Waals surface area contributed by atoms with E-state index in [1.165, 1.54) is 19.3 Å². The van der Waals surface area contributed by atoms with E-state index in [-0.39, 0.29) is 5.75 Å². The Labute approximate surface area is 100 Å². The third kappa shape index (κ3) is 10.2. The first kappa shape index (κ1) is 15.7. The van der Waals surface area contributed by atoms with Gasteiger partial charge in [-0.1, -0.05) is 51.2 Å². The van der Waals surface area contributed by atoms with Gasteiger partial charge in [0.05, 0.1) is 12.4 Å². The largest absolute Gasteiger partial charge is 0.271 e. The van der Waals surface area contributed by atoms with Gasteiger partial charge in [-0.05, 0) is 13.3 Å². The molecule has 0 aromatic heterocycles. The molecular formula is C12H24O3S. The zero-order chi connectivity index (χ0) is 12.4. The van der Waals surface area contributed by atoms with Gasteiger partial charge in [-0.15, -0.1) is 0 Å². The SMILES string of the molecule is C=C(C)CS(=O)(=O)OCCCCCCCC. The summed E-state index contributed by atoms with van der Waals surface area (Å²) in [5, 5.41) is 0. The monoisotopic (exact) mass is 248 g/mol. The van der Waals surface area contributed by atoms with Crippen molar-refractivity contribution in [3.63, 3.8) is 0 Å². The van der Waals surface area contributed by atoms with Crippen molar-refractivity contribution in [1.82, 2.24) is 0 Å². The van der Waals surface area contributed by atoms with Gasteiger partial charge < -0.3 is 0 Å². The Morgan fingerprint density at radius 2 is 1.69 bits per heavy atom. The summed E-state index contributed by atoms with van der Waals surface area (Å²) < 4.78 is 27.4. The Morgan fingerprint density at radius 1 is 1.12 bits per heavy atom. The second-order valence-corrected chi connectivity index (χ2v) is 5.89. The molecule has 0 radical (unpaired) electrons. The Balaban J connectivity index is 3.47. The quantitative estimate of drug-likeness (QED) is 0.338. The van der Waals surface area contributed by atoms with Crippen molar-refractivity contribution in [3.8, 4) is 0 Å². The molecule has 4 heteroatoms. The second-order valence-electron chi connectivity index (χ2n) is 4.25. The zero-order valence-electron chi connectivity index (χ0n) is 10.5. The standard InChI is InChI=1S/C12H24O3S/c1-4-5-6-7-8-9-10-15-16(13,14)11-12(2)3/h2,4-11H2,1,3H3. The lowest BCUT2D eigenvalue weighted by atomic mass is 10.1. The minimum atomic E-state index is -3.38. The van der Waals surface area contributed by atoms with E-state index in [4.69, 9.17) is 4.18 Å². The highest BCUT2D eigenvalue weighted by Gasteiger charge is 2.10. The van der Waals surface area contributed by atoms with Crippen molar-refractivity contribution in [2.45, 2.75) is 52.4 Å². The van der Waals surface area contributed by atoms with Gasteiger partial charge in [-0.25, -0.2) is 0 Å². The smallest absolute Gasteiger partial charge is 0.270 e. The number of rotatable bonds is 10. The molecule has 0 spiro atoms. The van der Waals surface area contributed by atoms with E-state index in [2.05, 4.69) is 13.5 Å². The fraction of sp³-hybridized carbons (Fsp3) is 0.833. The molecule has 0 aromatic carbocycles. The molecule has 0 aromatic rings. The van der Waals surface area contributed by atoms with Gasteiger partial charge in [0.15, 0.2) is 0 Å². The molecule has 0 bridgehead atoms. The van der Waals surface area contributed by atoms with Crippen molar-refractivity contribution >= 4 is 10.1 Å². The molecule has 0 aliphatic heterocycles. The first-order chi connectivity index (χ1) is 7.48. The van der Waals surface area contributed by atoms with Crippen LogP contribution in [0.15, 0.2) is 12.2 Å². The Kier molecular flexibility index (Phi) is 8.57. The van der Waals surface area contributed by atoms with Crippen molar-refractivity contribution in [1.29, 1.82) is 0 Å². The summed E-state index contributed by atoms with van der Waals surface area (Å²) in [5.41, 5.74) is 0.614. The zero-order valence-corrected chi connectivity index (χ0v) is 11.3. The molecule has 0 N–H and O–H groups in total. The van der Waals surface area contributed by atoms with Crippen LogP contribution < -0.4 is 0 Å². The fourth-order valence-electron chi connectivity index (χ4n) is 1.41. The highest BCUT2D eigenvalue weighted by atomic mass is 32.2. The van der Waals surface area contributed by atoms with Crippen LogP contribution in [0.5, 0.6) is 0 Å². The topological polar surface area (TPSA) is 43.4 Å². The van der Waals surface area contributed by atoms with Crippen LogP contribution in [0.2, 0.25) is 0 Å². The van der Waals surface area contributed by atoms with Gasteiger partial charge in [0.25, 0.3) is 10.1 Å². The van der Waals surface area contributed by atoms with E-state index in [0.717, 1.165) is 19.3 Å². The second kappa shape index (κ2) is 8.76. The van der Waals surface area contributed by atoms with E-state index in [1.54, 1.807) is 6.92 Å². The number of hydrogen-bond donors (Lipinski definition) is 0. The Bertz CT molecular complexity index is 281. The molecule has 0 saturated carbocycles. The van der Waals surface area contributed by atoms with Crippen LogP contribution in [0.25, 0.3) is 0 Å². The summed E-state index contributed by atoms with van der Waals surface area (Å²) in [6, 6.07) is 0. The third-order valence-electron chi connectivity index (χ3n) is 2.18. The fourth-order valence-corrected chi connectivity index (χ4v) is 2.47. The summed E-state index contributed by atoms with van der Waals surface area (Å²) in [6.07, 6.45) is 6.74. The number of unbranched alkanes of at least 4 members (excludes halogenated alkanes) is 5. The molecule has 0 unspecified atom stereocenters. The van der Waals surface area contributed by atoms with Crippen LogP contribution in [0.3, 0.4) is 0 Å². The Hall–Kier alpha value is -0.350. The highest BCUT2D eigenvalue weighted by Crippen LogP contribution is 2.07. The molecule has 0 amide bonds. The van der Waals surface area contributed by atoms with Gasteiger partial charge in [0.2, 0.25) is 0 Å². The molecule has 96 valence electrons. The maximum absolute atomic E-state index is 11.3.